The fourth-order valence-electron chi connectivity index (χ4n) is 4.43. The second kappa shape index (κ2) is 7.01. The number of benzene rings is 1. The third-order valence-electron chi connectivity index (χ3n) is 6.16. The topological polar surface area (TPSA) is 92.3 Å². The first-order valence-electron chi connectivity index (χ1n) is 10.4. The van der Waals surface area contributed by atoms with E-state index in [9.17, 15) is 0 Å². The molecule has 5 aromatic rings. The van der Waals surface area contributed by atoms with Gasteiger partial charge in [0.05, 0.1) is 37.2 Å². The zero-order valence-corrected chi connectivity index (χ0v) is 17.9. The molecule has 1 aliphatic rings. The Hall–Kier alpha value is -4.01. The number of fused-ring (bicyclic) bond motifs is 2. The van der Waals surface area contributed by atoms with Gasteiger partial charge in [0.2, 0.25) is 5.88 Å². The van der Waals surface area contributed by atoms with Gasteiger partial charge >= 0.3 is 6.01 Å². The quantitative estimate of drug-likeness (QED) is 0.425. The van der Waals surface area contributed by atoms with Crippen LogP contribution in [-0.2, 0) is 7.05 Å². The summed E-state index contributed by atoms with van der Waals surface area (Å²) >= 11 is 0. The number of nitrogens with zero attached hydrogens (tertiary/aromatic N) is 7. The molecule has 6 rings (SSSR count). The van der Waals surface area contributed by atoms with Crippen molar-refractivity contribution in [3.05, 3.63) is 60.2 Å². The van der Waals surface area contributed by atoms with Crippen LogP contribution in [0.5, 0.6) is 11.9 Å². The summed E-state index contributed by atoms with van der Waals surface area (Å²) in [5.41, 5.74) is 5.94. The summed E-state index contributed by atoms with van der Waals surface area (Å²) in [5.74, 6) is 1.21. The summed E-state index contributed by atoms with van der Waals surface area (Å²) in [6.07, 6.45) is 8.28. The predicted molar refractivity (Wildman–Crippen MR) is 118 cm³/mol. The normalized spacial score (nSPS) is 17.7. The molecule has 0 N–H and O–H groups in total. The zero-order chi connectivity index (χ0) is 21.8. The Morgan fingerprint density at radius 3 is 2.78 bits per heavy atom. The first-order valence-corrected chi connectivity index (χ1v) is 10.4. The minimum Gasteiger partial charge on any atom is -0.480 e. The van der Waals surface area contributed by atoms with E-state index in [2.05, 4.69) is 44.3 Å². The van der Waals surface area contributed by atoms with Gasteiger partial charge in [-0.2, -0.15) is 15.2 Å². The van der Waals surface area contributed by atoms with E-state index in [-0.39, 0.29) is 6.01 Å². The number of imidazole rings is 1. The molecular weight excluding hydrogens is 406 g/mol. The molecule has 4 heterocycles. The van der Waals surface area contributed by atoms with Crippen LogP contribution in [0.1, 0.15) is 29.4 Å². The Balaban J connectivity index is 1.42. The van der Waals surface area contributed by atoms with E-state index in [0.717, 1.165) is 34.2 Å². The van der Waals surface area contributed by atoms with Crippen molar-refractivity contribution in [2.45, 2.75) is 18.3 Å². The highest BCUT2D eigenvalue weighted by Gasteiger charge is 2.41. The lowest BCUT2D eigenvalue weighted by Crippen LogP contribution is -2.02. The lowest BCUT2D eigenvalue weighted by Gasteiger charge is -2.11. The van der Waals surface area contributed by atoms with Crippen molar-refractivity contribution >= 4 is 16.6 Å². The zero-order valence-electron chi connectivity index (χ0n) is 17.9. The molecular formula is C23H21N7O2. The lowest BCUT2D eigenvalue weighted by atomic mass is 10.0. The molecule has 160 valence electrons. The third-order valence-corrected chi connectivity index (χ3v) is 6.16. The summed E-state index contributed by atoms with van der Waals surface area (Å²) in [4.78, 5) is 13.1. The van der Waals surface area contributed by atoms with Crippen LogP contribution in [0.4, 0.5) is 0 Å². The van der Waals surface area contributed by atoms with E-state index in [0.29, 0.717) is 23.3 Å². The number of methoxy groups -OCH3 is 2. The van der Waals surface area contributed by atoms with Gasteiger partial charge in [-0.25, -0.2) is 14.5 Å². The Morgan fingerprint density at radius 1 is 1.03 bits per heavy atom. The molecule has 0 aliphatic heterocycles. The van der Waals surface area contributed by atoms with E-state index in [1.165, 1.54) is 12.7 Å². The molecule has 9 nitrogen and oxygen atoms in total. The molecule has 32 heavy (non-hydrogen) atoms. The molecule has 0 saturated heterocycles. The molecule has 0 radical (unpaired) electrons. The largest absolute Gasteiger partial charge is 0.480 e. The molecule has 4 aromatic heterocycles. The van der Waals surface area contributed by atoms with Gasteiger partial charge in [-0.1, -0.05) is 12.1 Å². The van der Waals surface area contributed by atoms with Crippen LogP contribution in [0, 0.1) is 0 Å². The molecule has 0 spiro atoms. The van der Waals surface area contributed by atoms with Crippen LogP contribution in [0.25, 0.3) is 27.8 Å². The third kappa shape index (κ3) is 2.89. The maximum atomic E-state index is 5.48. The number of hydrogen-bond acceptors (Lipinski definition) is 7. The fraction of sp³-hybridized carbons (Fsp3) is 0.261. The van der Waals surface area contributed by atoms with Gasteiger partial charge in [-0.3, -0.25) is 4.68 Å². The minimum absolute atomic E-state index is 0.252. The van der Waals surface area contributed by atoms with Crippen LogP contribution in [0.15, 0.2) is 49.1 Å². The van der Waals surface area contributed by atoms with Crippen molar-refractivity contribution in [1.82, 2.24) is 34.3 Å². The number of aryl methyl sites for hydroxylation is 1. The highest BCUT2D eigenvalue weighted by atomic mass is 16.5. The lowest BCUT2D eigenvalue weighted by molar-refractivity contribution is 0.353. The van der Waals surface area contributed by atoms with E-state index in [1.54, 1.807) is 19.5 Å². The van der Waals surface area contributed by atoms with Gasteiger partial charge in [-0.15, -0.1) is 0 Å². The number of aromatic nitrogens is 7. The summed E-state index contributed by atoms with van der Waals surface area (Å²) in [7, 11) is 5.08. The van der Waals surface area contributed by atoms with Crippen molar-refractivity contribution in [3.63, 3.8) is 0 Å². The van der Waals surface area contributed by atoms with Crippen LogP contribution in [-0.4, -0.2) is 48.6 Å². The fourth-order valence-corrected chi connectivity index (χ4v) is 4.43. The van der Waals surface area contributed by atoms with E-state index >= 15 is 0 Å². The van der Waals surface area contributed by atoms with E-state index in [4.69, 9.17) is 14.6 Å². The smallest absolute Gasteiger partial charge is 0.319 e. The second-order valence-corrected chi connectivity index (χ2v) is 8.00. The molecule has 1 aliphatic carbocycles. The Labute approximate surface area is 183 Å². The monoisotopic (exact) mass is 427 g/mol. The highest BCUT2D eigenvalue weighted by molar-refractivity contribution is 5.79. The average molecular weight is 427 g/mol. The summed E-state index contributed by atoms with van der Waals surface area (Å²) < 4.78 is 14.3. The number of hydrogen-bond donors (Lipinski definition) is 0. The summed E-state index contributed by atoms with van der Waals surface area (Å²) in [6, 6.07) is 8.94. The second-order valence-electron chi connectivity index (χ2n) is 8.00. The standard InChI is InChI=1S/C23H21N7O2/c1-29-20-8-13(4-5-14(20)11-26-29)15-9-16(15)17-10-19(28-30-7-6-24-21(17)30)18-12-25-23(32-3)27-22(18)31-2/h4-8,10-12,15-16H,9H2,1-3H3/t15-,16+/m1/s1. The van der Waals surface area contributed by atoms with Crippen molar-refractivity contribution in [2.24, 2.45) is 7.05 Å². The Morgan fingerprint density at radius 2 is 1.94 bits per heavy atom. The Bertz CT molecular complexity index is 1470. The maximum absolute atomic E-state index is 5.48. The van der Waals surface area contributed by atoms with Gasteiger partial charge < -0.3 is 9.47 Å². The minimum atomic E-state index is 0.252. The Kier molecular flexibility index (Phi) is 4.11. The maximum Gasteiger partial charge on any atom is 0.319 e. The summed E-state index contributed by atoms with van der Waals surface area (Å²) in [5, 5.41) is 10.2. The van der Waals surface area contributed by atoms with Gasteiger partial charge in [-0.05, 0) is 36.0 Å². The van der Waals surface area contributed by atoms with E-state index < -0.39 is 0 Å². The van der Waals surface area contributed by atoms with Gasteiger partial charge in [0.15, 0.2) is 5.65 Å². The first kappa shape index (κ1) is 18.7. The van der Waals surface area contributed by atoms with Gasteiger partial charge in [0.25, 0.3) is 0 Å². The van der Waals surface area contributed by atoms with Crippen molar-refractivity contribution < 1.29 is 9.47 Å². The molecule has 1 fully saturated rings. The SMILES string of the molecule is COc1ncc(-c2cc([C@H]3C[C@@H]3c3ccc4cnn(C)c4c3)c3nccn3n2)c(OC)n1. The molecule has 0 unspecified atom stereocenters. The highest BCUT2D eigenvalue weighted by Crippen LogP contribution is 2.56. The molecule has 0 bridgehead atoms. The van der Waals surface area contributed by atoms with Crippen molar-refractivity contribution in [1.29, 1.82) is 0 Å². The molecule has 1 saturated carbocycles. The van der Waals surface area contributed by atoms with Crippen LogP contribution in [0.3, 0.4) is 0 Å². The summed E-state index contributed by atoms with van der Waals surface area (Å²) in [6.45, 7) is 0. The first-order chi connectivity index (χ1) is 15.7. The number of ether oxygens (including phenoxy) is 2. The van der Waals surface area contributed by atoms with Crippen LogP contribution >= 0.6 is 0 Å². The van der Waals surface area contributed by atoms with Gasteiger partial charge in [0.1, 0.15) is 0 Å². The van der Waals surface area contributed by atoms with E-state index in [1.807, 2.05) is 28.6 Å². The molecule has 0 amide bonds. The predicted octanol–water partition coefficient (Wildman–Crippen LogP) is 3.36. The number of rotatable bonds is 5. The van der Waals surface area contributed by atoms with Crippen LogP contribution in [0.2, 0.25) is 0 Å². The van der Waals surface area contributed by atoms with Crippen molar-refractivity contribution in [2.75, 3.05) is 14.2 Å². The van der Waals surface area contributed by atoms with Gasteiger partial charge in [0, 0.05) is 36.6 Å². The molecule has 9 heteroatoms. The van der Waals surface area contributed by atoms with Crippen molar-refractivity contribution in [3.8, 4) is 23.1 Å². The van der Waals surface area contributed by atoms with Crippen LogP contribution < -0.4 is 9.47 Å². The molecule has 2 atom stereocenters. The average Bonchev–Trinajstić information content (AvgIpc) is 3.33. The molecule has 1 aromatic carbocycles.